The van der Waals surface area contributed by atoms with Crippen LogP contribution in [0.15, 0.2) is 35.4 Å². The fourth-order valence-corrected chi connectivity index (χ4v) is 3.59. The van der Waals surface area contributed by atoms with Gasteiger partial charge in [-0.15, -0.1) is 0 Å². The van der Waals surface area contributed by atoms with Gasteiger partial charge in [0.05, 0.1) is 12.6 Å². The van der Waals surface area contributed by atoms with Crippen LogP contribution in [0.2, 0.25) is 0 Å². The van der Waals surface area contributed by atoms with Crippen LogP contribution in [0.25, 0.3) is 10.4 Å². The molecule has 0 fully saturated rings. The predicted octanol–water partition coefficient (Wildman–Crippen LogP) is 4.63. The van der Waals surface area contributed by atoms with E-state index < -0.39 is 41.2 Å². The van der Waals surface area contributed by atoms with E-state index in [4.69, 9.17) is 15.0 Å². The van der Waals surface area contributed by atoms with Crippen molar-refractivity contribution in [1.29, 1.82) is 0 Å². The second-order valence-electron chi connectivity index (χ2n) is 10.6. The predicted molar refractivity (Wildman–Crippen MR) is 134 cm³/mol. The number of nitrogens with one attached hydrogen (secondary N) is 1. The molecule has 35 heavy (non-hydrogen) atoms. The highest BCUT2D eigenvalue weighted by Crippen LogP contribution is 2.21. The minimum absolute atomic E-state index is 0.0379. The SMILES string of the molecule is COC(=O)[C@H](CC(C)C)N(CC(C)(C)NC(=O)OC(C)(C)C)C(=O)[C@H](Cc1ccccc1)N=[N+]=[N-]. The Morgan fingerprint density at radius 3 is 2.20 bits per heavy atom. The molecule has 1 aromatic carbocycles. The number of alkyl carbamates (subject to hydrolysis) is 1. The van der Waals surface area contributed by atoms with Gasteiger partial charge in [-0.3, -0.25) is 4.79 Å². The fraction of sp³-hybridized carbons (Fsp3) is 0.640. The Balaban J connectivity index is 3.37. The van der Waals surface area contributed by atoms with Gasteiger partial charge in [-0.1, -0.05) is 49.3 Å². The third-order valence-corrected chi connectivity index (χ3v) is 4.98. The Labute approximate surface area is 208 Å². The van der Waals surface area contributed by atoms with Gasteiger partial charge in [-0.25, -0.2) is 9.59 Å². The van der Waals surface area contributed by atoms with Crippen LogP contribution in [0.4, 0.5) is 4.79 Å². The summed E-state index contributed by atoms with van der Waals surface area (Å²) in [4.78, 5) is 43.3. The lowest BCUT2D eigenvalue weighted by Crippen LogP contribution is -2.59. The number of benzene rings is 1. The summed E-state index contributed by atoms with van der Waals surface area (Å²) in [5, 5.41) is 6.52. The number of ether oxygens (including phenoxy) is 2. The van der Waals surface area contributed by atoms with Gasteiger partial charge >= 0.3 is 12.1 Å². The van der Waals surface area contributed by atoms with Crippen LogP contribution in [-0.4, -0.2) is 59.7 Å². The standard InChI is InChI=1S/C25H39N5O5/c1-17(2)14-20(22(32)34-8)30(16-25(6,7)27-23(33)35-24(3,4)5)21(31)19(28-29-26)15-18-12-10-9-11-13-18/h9-13,17,19-20H,14-16H2,1-8H3,(H,27,33)/t19-,20-/m0/s1. The Hall–Kier alpha value is -3.26. The van der Waals surface area contributed by atoms with Crippen LogP contribution >= 0.6 is 0 Å². The van der Waals surface area contributed by atoms with Crippen molar-refractivity contribution in [2.24, 2.45) is 11.0 Å². The van der Waals surface area contributed by atoms with Crippen LogP contribution in [0.5, 0.6) is 0 Å². The largest absolute Gasteiger partial charge is 0.467 e. The molecule has 10 nitrogen and oxygen atoms in total. The van der Waals surface area contributed by atoms with E-state index in [-0.39, 0.29) is 18.9 Å². The molecule has 0 unspecified atom stereocenters. The molecule has 2 atom stereocenters. The summed E-state index contributed by atoms with van der Waals surface area (Å²) >= 11 is 0. The zero-order chi connectivity index (χ0) is 26.8. The average Bonchev–Trinajstić information content (AvgIpc) is 2.73. The van der Waals surface area contributed by atoms with Crippen LogP contribution in [0.1, 0.15) is 60.5 Å². The van der Waals surface area contributed by atoms with E-state index in [1.54, 1.807) is 34.6 Å². The number of azide groups is 1. The van der Waals surface area contributed by atoms with Crippen LogP contribution in [0, 0.1) is 5.92 Å². The Bertz CT molecular complexity index is 905. The first-order valence-electron chi connectivity index (χ1n) is 11.7. The Morgan fingerprint density at radius 2 is 1.71 bits per heavy atom. The lowest BCUT2D eigenvalue weighted by Gasteiger charge is -2.39. The maximum atomic E-state index is 13.8. The number of amides is 2. The molecule has 0 saturated heterocycles. The molecule has 0 aliphatic rings. The smallest absolute Gasteiger partial charge is 0.408 e. The summed E-state index contributed by atoms with van der Waals surface area (Å²) in [5.41, 5.74) is 8.29. The molecule has 1 rings (SSSR count). The van der Waals surface area contributed by atoms with Gasteiger partial charge in [0.2, 0.25) is 5.91 Å². The Morgan fingerprint density at radius 1 is 1.11 bits per heavy atom. The first kappa shape index (κ1) is 29.8. The molecule has 0 spiro atoms. The average molecular weight is 490 g/mol. The quantitative estimate of drug-likeness (QED) is 0.209. The lowest BCUT2D eigenvalue weighted by molar-refractivity contribution is -0.154. The van der Waals surface area contributed by atoms with Crippen molar-refractivity contribution < 1.29 is 23.9 Å². The monoisotopic (exact) mass is 489 g/mol. The molecule has 194 valence electrons. The summed E-state index contributed by atoms with van der Waals surface area (Å²) in [6, 6.07) is 7.15. The molecule has 10 heteroatoms. The molecule has 1 N–H and O–H groups in total. The number of esters is 1. The maximum absolute atomic E-state index is 13.8. The number of carbonyl (C=O) groups excluding carboxylic acids is 3. The maximum Gasteiger partial charge on any atom is 0.408 e. The molecule has 0 saturated carbocycles. The number of hydrogen-bond acceptors (Lipinski definition) is 6. The normalized spacial score (nSPS) is 13.3. The van der Waals surface area contributed by atoms with Crippen LogP contribution in [0.3, 0.4) is 0 Å². The first-order chi connectivity index (χ1) is 16.2. The highest BCUT2D eigenvalue weighted by atomic mass is 16.6. The molecule has 0 heterocycles. The number of carbonyl (C=O) groups is 3. The van der Waals surface area contributed by atoms with Gasteiger partial charge in [-0.2, -0.15) is 0 Å². The first-order valence-corrected chi connectivity index (χ1v) is 11.7. The molecule has 0 radical (unpaired) electrons. The number of nitrogens with zero attached hydrogens (tertiary/aromatic N) is 4. The van der Waals surface area contributed by atoms with Gasteiger partial charge in [-0.05, 0) is 64.5 Å². The molecule has 0 aliphatic carbocycles. The van der Waals surface area contributed by atoms with E-state index in [0.29, 0.717) is 6.42 Å². The van der Waals surface area contributed by atoms with E-state index in [0.717, 1.165) is 5.56 Å². The van der Waals surface area contributed by atoms with Crippen molar-refractivity contribution >= 4 is 18.0 Å². The van der Waals surface area contributed by atoms with Crippen molar-refractivity contribution in [3.05, 3.63) is 46.3 Å². The van der Waals surface area contributed by atoms with Gasteiger partial charge in [0.25, 0.3) is 0 Å². The van der Waals surface area contributed by atoms with Crippen molar-refractivity contribution in [2.75, 3.05) is 13.7 Å². The molecule has 2 amide bonds. The van der Waals surface area contributed by atoms with Crippen molar-refractivity contribution in [3.8, 4) is 0 Å². The van der Waals surface area contributed by atoms with Crippen molar-refractivity contribution in [1.82, 2.24) is 10.2 Å². The van der Waals surface area contributed by atoms with Gasteiger partial charge in [0.1, 0.15) is 17.7 Å². The molecule has 1 aromatic rings. The third-order valence-electron chi connectivity index (χ3n) is 4.98. The van der Waals surface area contributed by atoms with E-state index >= 15 is 0 Å². The van der Waals surface area contributed by atoms with Gasteiger partial charge < -0.3 is 19.7 Å². The second-order valence-corrected chi connectivity index (χ2v) is 10.6. The minimum Gasteiger partial charge on any atom is -0.467 e. The zero-order valence-corrected chi connectivity index (χ0v) is 22.1. The number of hydrogen-bond donors (Lipinski definition) is 1. The highest BCUT2D eigenvalue weighted by molar-refractivity contribution is 5.88. The molecule has 0 bridgehead atoms. The van der Waals surface area contributed by atoms with Crippen LogP contribution < -0.4 is 5.32 Å². The Kier molecular flexibility index (Phi) is 11.1. The van der Waals surface area contributed by atoms with E-state index in [1.165, 1.54) is 12.0 Å². The fourth-order valence-electron chi connectivity index (χ4n) is 3.59. The number of rotatable bonds is 11. The van der Waals surface area contributed by atoms with Crippen molar-refractivity contribution in [3.63, 3.8) is 0 Å². The minimum atomic E-state index is -1.08. The van der Waals surface area contributed by atoms with Gasteiger partial charge in [0, 0.05) is 11.5 Å². The van der Waals surface area contributed by atoms with Crippen LogP contribution in [-0.2, 0) is 25.5 Å². The zero-order valence-electron chi connectivity index (χ0n) is 22.1. The summed E-state index contributed by atoms with van der Waals surface area (Å²) in [7, 11) is 1.26. The molecule has 0 aliphatic heterocycles. The highest BCUT2D eigenvalue weighted by Gasteiger charge is 2.38. The topological polar surface area (TPSA) is 134 Å². The summed E-state index contributed by atoms with van der Waals surface area (Å²) in [5.74, 6) is -1.05. The second kappa shape index (κ2) is 13.0. The summed E-state index contributed by atoms with van der Waals surface area (Å²) in [6.07, 6.45) is -0.158. The molecular formula is C25H39N5O5. The number of methoxy groups -OCH3 is 1. The molecular weight excluding hydrogens is 450 g/mol. The van der Waals surface area contributed by atoms with E-state index in [1.807, 2.05) is 44.2 Å². The van der Waals surface area contributed by atoms with E-state index in [2.05, 4.69) is 15.3 Å². The molecule has 0 aromatic heterocycles. The summed E-state index contributed by atoms with van der Waals surface area (Å²) in [6.45, 7) is 12.5. The third kappa shape index (κ3) is 10.7. The van der Waals surface area contributed by atoms with E-state index in [9.17, 15) is 14.4 Å². The summed E-state index contributed by atoms with van der Waals surface area (Å²) < 4.78 is 10.4. The lowest BCUT2D eigenvalue weighted by atomic mass is 9.96. The van der Waals surface area contributed by atoms with Crippen molar-refractivity contribution in [2.45, 2.75) is 84.5 Å². The van der Waals surface area contributed by atoms with Gasteiger partial charge in [0.15, 0.2) is 0 Å².